The highest BCUT2D eigenvalue weighted by atomic mass is 19.4. The number of benzene rings is 1. The van der Waals surface area contributed by atoms with Gasteiger partial charge in [-0.15, -0.1) is 0 Å². The number of aryl methyl sites for hydroxylation is 1. The third kappa shape index (κ3) is 3.22. The van der Waals surface area contributed by atoms with Crippen molar-refractivity contribution in [3.8, 4) is 0 Å². The Kier molecular flexibility index (Phi) is 4.18. The van der Waals surface area contributed by atoms with Gasteiger partial charge in [-0.05, 0) is 17.7 Å². The van der Waals surface area contributed by atoms with Crippen molar-refractivity contribution in [2.75, 3.05) is 0 Å². The van der Waals surface area contributed by atoms with E-state index in [0.29, 0.717) is 23.3 Å². The zero-order valence-corrected chi connectivity index (χ0v) is 10.9. The van der Waals surface area contributed by atoms with Gasteiger partial charge in [0.25, 0.3) is 0 Å². The van der Waals surface area contributed by atoms with E-state index < -0.39 is 17.8 Å². The first kappa shape index (κ1) is 14.7. The van der Waals surface area contributed by atoms with E-state index in [1.807, 2.05) is 6.92 Å². The lowest BCUT2D eigenvalue weighted by atomic mass is 9.99. The van der Waals surface area contributed by atoms with Gasteiger partial charge in [0, 0.05) is 18.4 Å². The number of aliphatic hydroxyl groups is 1. The van der Waals surface area contributed by atoms with Gasteiger partial charge in [-0.3, -0.25) is 0 Å². The number of aliphatic hydroxyl groups excluding tert-OH is 1. The van der Waals surface area contributed by atoms with E-state index in [4.69, 9.17) is 4.42 Å². The van der Waals surface area contributed by atoms with E-state index in [2.05, 4.69) is 0 Å². The molecule has 108 valence electrons. The van der Waals surface area contributed by atoms with Crippen LogP contribution in [0.1, 0.15) is 35.5 Å². The lowest BCUT2D eigenvalue weighted by molar-refractivity contribution is -0.137. The molecule has 0 amide bonds. The summed E-state index contributed by atoms with van der Waals surface area (Å²) >= 11 is 0. The van der Waals surface area contributed by atoms with Gasteiger partial charge in [0.05, 0.1) is 17.9 Å². The Bertz CT molecular complexity index is 572. The summed E-state index contributed by atoms with van der Waals surface area (Å²) in [6.07, 6.45) is -3.01. The largest absolute Gasteiger partial charge is 0.469 e. The topological polar surface area (TPSA) is 33.4 Å². The van der Waals surface area contributed by atoms with Crippen LogP contribution in [-0.4, -0.2) is 5.11 Å². The highest BCUT2D eigenvalue weighted by molar-refractivity contribution is 5.28. The summed E-state index contributed by atoms with van der Waals surface area (Å²) in [6.45, 7) is 1.89. The van der Waals surface area contributed by atoms with Crippen LogP contribution in [-0.2, 0) is 19.0 Å². The molecule has 0 saturated heterocycles. The second-order valence-electron chi connectivity index (χ2n) is 4.57. The molecule has 0 radical (unpaired) electrons. The molecule has 1 aromatic carbocycles. The molecule has 1 aromatic heterocycles. The Morgan fingerprint density at radius 3 is 2.65 bits per heavy atom. The van der Waals surface area contributed by atoms with Crippen LogP contribution in [0, 0.1) is 0 Å². The van der Waals surface area contributed by atoms with Crippen molar-refractivity contribution in [3.63, 3.8) is 0 Å². The quantitative estimate of drug-likeness (QED) is 0.915. The number of alkyl halides is 3. The smallest absolute Gasteiger partial charge is 0.416 e. The molecular formula is C15H15F3O2. The fourth-order valence-corrected chi connectivity index (χ4v) is 2.14. The summed E-state index contributed by atoms with van der Waals surface area (Å²) < 4.78 is 43.1. The van der Waals surface area contributed by atoms with Gasteiger partial charge in [0.2, 0.25) is 0 Å². The first-order valence-corrected chi connectivity index (χ1v) is 6.32. The number of halogens is 3. The summed E-state index contributed by atoms with van der Waals surface area (Å²) in [6, 6.07) is 6.66. The molecule has 0 aliphatic rings. The molecule has 2 nitrogen and oxygen atoms in total. The van der Waals surface area contributed by atoms with Crippen LogP contribution in [0.5, 0.6) is 0 Å². The standard InChI is InChI=1S/C15H15F3O2/c1-2-14-12(6-7-20-14)13(19)9-10-4-3-5-11(8-10)15(16,17)18/h3-8,13,19H,2,9H2,1H3. The zero-order valence-electron chi connectivity index (χ0n) is 10.9. The van der Waals surface area contributed by atoms with Crippen LogP contribution in [0.2, 0.25) is 0 Å². The molecule has 0 fully saturated rings. The lowest BCUT2D eigenvalue weighted by Crippen LogP contribution is -2.07. The number of rotatable bonds is 4. The van der Waals surface area contributed by atoms with Crippen molar-refractivity contribution in [2.45, 2.75) is 32.0 Å². The van der Waals surface area contributed by atoms with Gasteiger partial charge in [0.15, 0.2) is 0 Å². The summed E-state index contributed by atoms with van der Waals surface area (Å²) in [4.78, 5) is 0. The first-order valence-electron chi connectivity index (χ1n) is 6.32. The van der Waals surface area contributed by atoms with Gasteiger partial charge in [-0.1, -0.05) is 25.1 Å². The maximum absolute atomic E-state index is 12.6. The molecule has 0 spiro atoms. The molecule has 0 aliphatic carbocycles. The van der Waals surface area contributed by atoms with E-state index >= 15 is 0 Å². The molecule has 5 heteroatoms. The molecule has 2 aromatic rings. The molecule has 0 aliphatic heterocycles. The summed E-state index contributed by atoms with van der Waals surface area (Å²) in [5.74, 6) is 0.657. The Labute approximate surface area is 114 Å². The third-order valence-electron chi connectivity index (χ3n) is 3.14. The monoisotopic (exact) mass is 284 g/mol. The van der Waals surface area contributed by atoms with Gasteiger partial charge in [0.1, 0.15) is 5.76 Å². The second-order valence-corrected chi connectivity index (χ2v) is 4.57. The third-order valence-corrected chi connectivity index (χ3v) is 3.14. The fourth-order valence-electron chi connectivity index (χ4n) is 2.14. The Balaban J connectivity index is 2.18. The van der Waals surface area contributed by atoms with Crippen LogP contribution in [0.4, 0.5) is 13.2 Å². The Hall–Kier alpha value is -1.75. The highest BCUT2D eigenvalue weighted by Gasteiger charge is 2.30. The molecule has 1 unspecified atom stereocenters. The van der Waals surface area contributed by atoms with Gasteiger partial charge < -0.3 is 9.52 Å². The average Bonchev–Trinajstić information content (AvgIpc) is 2.86. The average molecular weight is 284 g/mol. The molecule has 1 atom stereocenters. The van der Waals surface area contributed by atoms with Crippen molar-refractivity contribution >= 4 is 0 Å². The van der Waals surface area contributed by atoms with Crippen LogP contribution in [0.25, 0.3) is 0 Å². The summed E-state index contributed by atoms with van der Waals surface area (Å²) in [5, 5.41) is 10.1. The minimum Gasteiger partial charge on any atom is -0.469 e. The molecular weight excluding hydrogens is 269 g/mol. The lowest BCUT2D eigenvalue weighted by Gasteiger charge is -2.12. The molecule has 0 saturated carbocycles. The van der Waals surface area contributed by atoms with E-state index in [0.717, 1.165) is 12.1 Å². The predicted molar refractivity (Wildman–Crippen MR) is 68.2 cm³/mol. The molecule has 1 heterocycles. The van der Waals surface area contributed by atoms with E-state index in [9.17, 15) is 18.3 Å². The minimum atomic E-state index is -4.37. The van der Waals surface area contributed by atoms with Crippen LogP contribution >= 0.6 is 0 Å². The Morgan fingerprint density at radius 2 is 2.00 bits per heavy atom. The van der Waals surface area contributed by atoms with Crippen LogP contribution in [0.15, 0.2) is 41.0 Å². The molecule has 2 rings (SSSR count). The van der Waals surface area contributed by atoms with Gasteiger partial charge in [-0.2, -0.15) is 13.2 Å². The minimum absolute atomic E-state index is 0.121. The Morgan fingerprint density at radius 1 is 1.25 bits per heavy atom. The van der Waals surface area contributed by atoms with Crippen molar-refractivity contribution in [2.24, 2.45) is 0 Å². The molecule has 0 bridgehead atoms. The van der Waals surface area contributed by atoms with Crippen molar-refractivity contribution in [1.29, 1.82) is 0 Å². The number of furan rings is 1. The normalized spacial score (nSPS) is 13.4. The van der Waals surface area contributed by atoms with E-state index in [1.165, 1.54) is 12.3 Å². The SMILES string of the molecule is CCc1occc1C(O)Cc1cccc(C(F)(F)F)c1. The van der Waals surface area contributed by atoms with Gasteiger partial charge in [-0.25, -0.2) is 0 Å². The summed E-state index contributed by atoms with van der Waals surface area (Å²) in [7, 11) is 0. The van der Waals surface area contributed by atoms with Crippen molar-refractivity contribution in [3.05, 3.63) is 59.0 Å². The van der Waals surface area contributed by atoms with Crippen molar-refractivity contribution < 1.29 is 22.7 Å². The summed E-state index contributed by atoms with van der Waals surface area (Å²) in [5.41, 5.74) is 0.366. The molecule has 1 N–H and O–H groups in total. The number of hydrogen-bond donors (Lipinski definition) is 1. The van der Waals surface area contributed by atoms with E-state index in [1.54, 1.807) is 12.1 Å². The van der Waals surface area contributed by atoms with Crippen LogP contribution < -0.4 is 0 Å². The maximum atomic E-state index is 12.6. The number of hydrogen-bond acceptors (Lipinski definition) is 2. The fraction of sp³-hybridized carbons (Fsp3) is 0.333. The zero-order chi connectivity index (χ0) is 14.8. The predicted octanol–water partition coefficient (Wildman–Crippen LogP) is 4.14. The van der Waals surface area contributed by atoms with E-state index in [-0.39, 0.29) is 6.42 Å². The first-order chi connectivity index (χ1) is 9.41. The second kappa shape index (κ2) is 5.71. The van der Waals surface area contributed by atoms with Crippen LogP contribution in [0.3, 0.4) is 0 Å². The van der Waals surface area contributed by atoms with Gasteiger partial charge >= 0.3 is 6.18 Å². The van der Waals surface area contributed by atoms with Crippen molar-refractivity contribution in [1.82, 2.24) is 0 Å². The molecule has 20 heavy (non-hydrogen) atoms. The maximum Gasteiger partial charge on any atom is 0.416 e. The highest BCUT2D eigenvalue weighted by Crippen LogP contribution is 2.31.